The predicted octanol–water partition coefficient (Wildman–Crippen LogP) is 19.7. The van der Waals surface area contributed by atoms with Gasteiger partial charge in [-0.2, -0.15) is 0 Å². The summed E-state index contributed by atoms with van der Waals surface area (Å²) in [4.78, 5) is 23.3. The van der Waals surface area contributed by atoms with Crippen molar-refractivity contribution in [2.75, 3.05) is 40.9 Å². The van der Waals surface area contributed by atoms with Crippen LogP contribution in [0.2, 0.25) is 0 Å². The number of amides is 1. The van der Waals surface area contributed by atoms with Crippen molar-refractivity contribution in [3.8, 4) is 0 Å². The van der Waals surface area contributed by atoms with Gasteiger partial charge < -0.3 is 19.8 Å². The fourth-order valence-electron chi connectivity index (χ4n) is 9.59. The van der Waals surface area contributed by atoms with E-state index in [1.807, 2.05) is 27.2 Å². The van der Waals surface area contributed by atoms with Crippen LogP contribution < -0.4 is 5.32 Å². The number of unbranched alkanes of at least 4 members (excludes halogenated alkanes) is 42. The van der Waals surface area contributed by atoms with E-state index in [0.717, 1.165) is 38.5 Å². The predicted molar refractivity (Wildman–Crippen MR) is 318 cm³/mol. The summed E-state index contributed by atoms with van der Waals surface area (Å²) in [5.74, 6) is -0.181. The van der Waals surface area contributed by atoms with Crippen LogP contribution in [0.25, 0.3) is 0 Å². The van der Waals surface area contributed by atoms with Gasteiger partial charge in [-0.3, -0.25) is 13.8 Å². The molecule has 8 nitrogen and oxygen atoms in total. The summed E-state index contributed by atoms with van der Waals surface area (Å²) in [5.41, 5.74) is 0. The molecule has 0 aliphatic heterocycles. The highest BCUT2D eigenvalue weighted by atomic mass is 31.2. The van der Waals surface area contributed by atoms with Crippen molar-refractivity contribution in [1.29, 1.82) is 0 Å². The molecule has 0 saturated heterocycles. The van der Waals surface area contributed by atoms with Crippen molar-refractivity contribution in [3.05, 3.63) is 36.5 Å². The van der Waals surface area contributed by atoms with Crippen molar-refractivity contribution in [3.63, 3.8) is 0 Å². The molecule has 3 atom stereocenters. The van der Waals surface area contributed by atoms with Crippen LogP contribution in [0, 0.1) is 0 Å². The summed E-state index contributed by atoms with van der Waals surface area (Å²) in [6.07, 6.45) is 72.9. The molecule has 0 saturated carbocycles. The molecular formula is C64H126N2O6P+. The summed E-state index contributed by atoms with van der Waals surface area (Å²) in [7, 11) is 1.57. The lowest BCUT2D eigenvalue weighted by molar-refractivity contribution is -0.870. The molecular weight excluding hydrogens is 924 g/mol. The number of hydrogen-bond donors (Lipinski definition) is 3. The number of quaternary nitrogens is 1. The van der Waals surface area contributed by atoms with E-state index in [-0.39, 0.29) is 19.1 Å². The van der Waals surface area contributed by atoms with Gasteiger partial charge in [-0.1, -0.05) is 288 Å². The zero-order valence-corrected chi connectivity index (χ0v) is 50.3. The standard InChI is InChI=1S/C64H125N2O6P/c1-6-8-10-12-14-16-18-20-22-24-25-26-27-28-29-30-31-32-33-34-35-36-37-38-39-40-41-42-44-46-48-50-52-54-56-58-64(68)65-62(61-72-73(69,70)71-60-59-66(3,4)5)63(67)57-55-53-51-49-47-45-43-23-21-19-17-15-13-11-9-7-2/h24-25,47,49,55,57,62-63,67H,6-23,26-46,48,50-54,56,58-61H2,1-5H3,(H-,65,68,69,70)/p+1/b25-24-,49-47+,57-55+. The quantitative estimate of drug-likeness (QED) is 0.0243. The number of aliphatic hydroxyl groups is 1. The maximum absolute atomic E-state index is 13.0. The van der Waals surface area contributed by atoms with Gasteiger partial charge in [-0.15, -0.1) is 0 Å². The van der Waals surface area contributed by atoms with Crippen molar-refractivity contribution < 1.29 is 32.9 Å². The molecule has 0 aromatic rings. The second kappa shape index (κ2) is 55.5. The number of likely N-dealkylation sites (N-methyl/N-ethyl adjacent to an activating group) is 1. The summed E-state index contributed by atoms with van der Waals surface area (Å²) < 4.78 is 23.7. The zero-order valence-electron chi connectivity index (χ0n) is 49.4. The normalized spacial score (nSPS) is 14.0. The lowest BCUT2D eigenvalue weighted by Crippen LogP contribution is -2.45. The molecule has 73 heavy (non-hydrogen) atoms. The number of carbonyl (C=O) groups is 1. The second-order valence-electron chi connectivity index (χ2n) is 23.1. The summed E-state index contributed by atoms with van der Waals surface area (Å²) in [5, 5.41) is 13.9. The van der Waals surface area contributed by atoms with Crippen LogP contribution >= 0.6 is 7.82 Å². The molecule has 432 valence electrons. The third-order valence-corrected chi connectivity index (χ3v) is 15.6. The number of allylic oxidation sites excluding steroid dienone is 5. The Labute approximate surface area is 455 Å². The van der Waals surface area contributed by atoms with Gasteiger partial charge in [0, 0.05) is 6.42 Å². The molecule has 0 radical (unpaired) electrons. The maximum atomic E-state index is 13.0. The average molecular weight is 1050 g/mol. The first kappa shape index (κ1) is 71.7. The first-order chi connectivity index (χ1) is 35.5. The van der Waals surface area contributed by atoms with Crippen LogP contribution in [0.1, 0.15) is 316 Å². The number of nitrogens with zero attached hydrogens (tertiary/aromatic N) is 1. The molecule has 0 rings (SSSR count). The molecule has 3 unspecified atom stereocenters. The number of nitrogens with one attached hydrogen (secondary N) is 1. The molecule has 0 heterocycles. The van der Waals surface area contributed by atoms with Gasteiger partial charge in [-0.25, -0.2) is 4.57 Å². The topological polar surface area (TPSA) is 105 Å². The molecule has 0 aromatic heterocycles. The molecule has 0 spiro atoms. The van der Waals surface area contributed by atoms with Gasteiger partial charge in [0.1, 0.15) is 13.2 Å². The fourth-order valence-corrected chi connectivity index (χ4v) is 10.3. The number of hydrogen-bond acceptors (Lipinski definition) is 5. The summed E-state index contributed by atoms with van der Waals surface area (Å²) in [6.45, 7) is 4.83. The molecule has 1 amide bonds. The minimum Gasteiger partial charge on any atom is -0.387 e. The van der Waals surface area contributed by atoms with Gasteiger partial charge >= 0.3 is 7.82 Å². The van der Waals surface area contributed by atoms with E-state index < -0.39 is 20.0 Å². The Bertz CT molecular complexity index is 1280. The molecule has 3 N–H and O–H groups in total. The van der Waals surface area contributed by atoms with E-state index in [1.54, 1.807) is 6.08 Å². The molecule has 0 aliphatic carbocycles. The maximum Gasteiger partial charge on any atom is 0.472 e. The second-order valence-corrected chi connectivity index (χ2v) is 24.6. The van der Waals surface area contributed by atoms with Gasteiger partial charge in [0.25, 0.3) is 0 Å². The van der Waals surface area contributed by atoms with Gasteiger partial charge in [0.05, 0.1) is 39.9 Å². The number of phosphoric ester groups is 1. The Morgan fingerprint density at radius 3 is 1.10 bits per heavy atom. The van der Waals surface area contributed by atoms with Crippen molar-refractivity contribution in [2.45, 2.75) is 328 Å². The summed E-state index contributed by atoms with van der Waals surface area (Å²) >= 11 is 0. The number of aliphatic hydroxyl groups excluding tert-OH is 1. The summed E-state index contributed by atoms with van der Waals surface area (Å²) in [6, 6.07) is -0.861. The molecule has 0 fully saturated rings. The highest BCUT2D eigenvalue weighted by Gasteiger charge is 2.27. The number of carbonyl (C=O) groups excluding carboxylic acids is 1. The van der Waals surface area contributed by atoms with Crippen molar-refractivity contribution in [2.24, 2.45) is 0 Å². The Kier molecular flexibility index (Phi) is 54.5. The largest absolute Gasteiger partial charge is 0.472 e. The Morgan fingerprint density at radius 2 is 0.753 bits per heavy atom. The van der Waals surface area contributed by atoms with Crippen molar-refractivity contribution in [1.82, 2.24) is 5.32 Å². The molecule has 0 aromatic carbocycles. The fraction of sp³-hybridized carbons (Fsp3) is 0.891. The third-order valence-electron chi connectivity index (χ3n) is 14.6. The van der Waals surface area contributed by atoms with Crippen LogP contribution in [-0.2, 0) is 18.4 Å². The van der Waals surface area contributed by atoms with E-state index in [0.29, 0.717) is 17.4 Å². The van der Waals surface area contributed by atoms with Crippen LogP contribution in [0.15, 0.2) is 36.5 Å². The van der Waals surface area contributed by atoms with Crippen LogP contribution in [0.4, 0.5) is 0 Å². The zero-order chi connectivity index (χ0) is 53.5. The van der Waals surface area contributed by atoms with Gasteiger partial charge in [-0.05, 0) is 57.8 Å². The number of rotatable bonds is 59. The van der Waals surface area contributed by atoms with Crippen LogP contribution in [0.3, 0.4) is 0 Å². The van der Waals surface area contributed by atoms with Gasteiger partial charge in [0.2, 0.25) is 5.91 Å². The molecule has 0 bridgehead atoms. The lowest BCUT2D eigenvalue weighted by Gasteiger charge is -2.25. The third kappa shape index (κ3) is 58.2. The highest BCUT2D eigenvalue weighted by molar-refractivity contribution is 7.47. The Morgan fingerprint density at radius 1 is 0.452 bits per heavy atom. The highest BCUT2D eigenvalue weighted by Crippen LogP contribution is 2.43. The number of phosphoric acid groups is 1. The SMILES string of the molecule is CCCCCCCCCC/C=C\CCCCCCCCCCCCCCCCCCCCCCCCCC(=O)NC(COP(=O)(O)OCC[N+](C)(C)C)C(O)/C=C/CC/C=C/CCCCCCCCCCCC. The van der Waals surface area contributed by atoms with Gasteiger partial charge in [0.15, 0.2) is 0 Å². The van der Waals surface area contributed by atoms with E-state index >= 15 is 0 Å². The Hall–Kier alpha value is -1.28. The molecule has 0 aliphatic rings. The smallest absolute Gasteiger partial charge is 0.387 e. The van der Waals surface area contributed by atoms with Crippen LogP contribution in [-0.4, -0.2) is 73.4 Å². The van der Waals surface area contributed by atoms with E-state index in [4.69, 9.17) is 9.05 Å². The minimum absolute atomic E-state index is 0.0579. The van der Waals surface area contributed by atoms with E-state index in [9.17, 15) is 19.4 Å². The van der Waals surface area contributed by atoms with E-state index in [1.165, 1.54) is 257 Å². The van der Waals surface area contributed by atoms with E-state index in [2.05, 4.69) is 43.5 Å². The first-order valence-corrected chi connectivity index (χ1v) is 33.4. The lowest BCUT2D eigenvalue weighted by atomic mass is 10.0. The van der Waals surface area contributed by atoms with Crippen LogP contribution in [0.5, 0.6) is 0 Å². The monoisotopic (exact) mass is 1050 g/mol. The average Bonchev–Trinajstić information content (AvgIpc) is 3.35. The van der Waals surface area contributed by atoms with Crippen molar-refractivity contribution >= 4 is 13.7 Å². The molecule has 9 heteroatoms. The Balaban J connectivity index is 3.98. The minimum atomic E-state index is -4.35. The first-order valence-electron chi connectivity index (χ1n) is 31.9.